The van der Waals surface area contributed by atoms with Gasteiger partial charge in [-0.3, -0.25) is 9.78 Å². The molecule has 0 atom stereocenters. The summed E-state index contributed by atoms with van der Waals surface area (Å²) >= 11 is 0. The van der Waals surface area contributed by atoms with Gasteiger partial charge in [0.1, 0.15) is 0 Å². The predicted octanol–water partition coefficient (Wildman–Crippen LogP) is 0.820. The number of amides is 1. The molecular formula is C12H19N3O. The number of hydrogen-bond donors (Lipinski definition) is 1. The van der Waals surface area contributed by atoms with Crippen molar-refractivity contribution in [2.24, 2.45) is 5.73 Å². The summed E-state index contributed by atoms with van der Waals surface area (Å²) in [4.78, 5) is 17.4. The quantitative estimate of drug-likeness (QED) is 0.819. The molecule has 0 unspecified atom stereocenters. The Morgan fingerprint density at radius 3 is 2.50 bits per heavy atom. The number of nitrogens with zero attached hydrogens (tertiary/aromatic N) is 2. The van der Waals surface area contributed by atoms with E-state index in [0.717, 1.165) is 6.42 Å². The second-order valence-electron chi connectivity index (χ2n) is 4.55. The van der Waals surface area contributed by atoms with E-state index >= 15 is 0 Å². The second-order valence-corrected chi connectivity index (χ2v) is 4.55. The average molecular weight is 221 g/mol. The van der Waals surface area contributed by atoms with Crippen molar-refractivity contribution in [3.63, 3.8) is 0 Å². The van der Waals surface area contributed by atoms with Crippen molar-refractivity contribution < 1.29 is 4.79 Å². The number of likely N-dealkylation sites (N-methyl/N-ethyl adjacent to an activating group) is 1. The van der Waals surface area contributed by atoms with Gasteiger partial charge in [-0.2, -0.15) is 0 Å². The highest BCUT2D eigenvalue weighted by molar-refractivity contribution is 5.84. The lowest BCUT2D eigenvalue weighted by molar-refractivity contribution is -0.134. The summed E-state index contributed by atoms with van der Waals surface area (Å²) in [7, 11) is 1.78. The van der Waals surface area contributed by atoms with Crippen LogP contribution in [-0.4, -0.2) is 34.9 Å². The molecule has 16 heavy (non-hydrogen) atoms. The molecule has 0 spiro atoms. The standard InChI is InChI=1S/C12H19N3O/c1-12(2,13)11(16)15(3)9-6-10-4-7-14-8-5-10/h4-5,7-8H,6,9,13H2,1-3H3. The third kappa shape index (κ3) is 3.62. The Morgan fingerprint density at radius 1 is 1.44 bits per heavy atom. The number of rotatable bonds is 4. The fourth-order valence-electron chi connectivity index (χ4n) is 1.44. The molecule has 0 saturated heterocycles. The topological polar surface area (TPSA) is 59.2 Å². The highest BCUT2D eigenvalue weighted by Gasteiger charge is 2.25. The van der Waals surface area contributed by atoms with Gasteiger partial charge >= 0.3 is 0 Å². The number of nitrogens with two attached hydrogens (primary N) is 1. The van der Waals surface area contributed by atoms with Crippen molar-refractivity contribution in [2.75, 3.05) is 13.6 Å². The molecule has 0 aliphatic carbocycles. The van der Waals surface area contributed by atoms with Crippen LogP contribution in [-0.2, 0) is 11.2 Å². The third-order valence-electron chi connectivity index (χ3n) is 2.38. The Bertz CT molecular complexity index is 343. The molecule has 1 rings (SSSR count). The van der Waals surface area contributed by atoms with Crippen LogP contribution < -0.4 is 5.73 Å². The largest absolute Gasteiger partial charge is 0.344 e. The van der Waals surface area contributed by atoms with Crippen LogP contribution in [0, 0.1) is 0 Å². The van der Waals surface area contributed by atoms with E-state index in [1.807, 2.05) is 12.1 Å². The lowest BCUT2D eigenvalue weighted by atomic mass is 10.1. The van der Waals surface area contributed by atoms with E-state index in [1.54, 1.807) is 38.2 Å². The van der Waals surface area contributed by atoms with E-state index in [1.165, 1.54) is 5.56 Å². The lowest BCUT2D eigenvalue weighted by Crippen LogP contribution is -2.50. The van der Waals surface area contributed by atoms with Crippen LogP contribution in [0.4, 0.5) is 0 Å². The Morgan fingerprint density at radius 2 is 2.00 bits per heavy atom. The summed E-state index contributed by atoms with van der Waals surface area (Å²) in [6, 6.07) is 3.90. The van der Waals surface area contributed by atoms with Gasteiger partial charge in [0.05, 0.1) is 5.54 Å². The first-order valence-corrected chi connectivity index (χ1v) is 5.34. The molecule has 1 amide bonds. The average Bonchev–Trinajstić information content (AvgIpc) is 2.25. The van der Waals surface area contributed by atoms with Gasteiger partial charge in [0, 0.05) is 26.0 Å². The summed E-state index contributed by atoms with van der Waals surface area (Å²) in [5.41, 5.74) is 6.12. The van der Waals surface area contributed by atoms with Gasteiger partial charge < -0.3 is 10.6 Å². The van der Waals surface area contributed by atoms with Gasteiger partial charge in [0.25, 0.3) is 0 Å². The van der Waals surface area contributed by atoms with E-state index < -0.39 is 5.54 Å². The van der Waals surface area contributed by atoms with Crippen LogP contribution >= 0.6 is 0 Å². The first-order chi connectivity index (χ1) is 7.41. The number of carbonyl (C=O) groups is 1. The first kappa shape index (κ1) is 12.6. The van der Waals surface area contributed by atoms with Gasteiger partial charge in [-0.05, 0) is 38.0 Å². The monoisotopic (exact) mass is 221 g/mol. The van der Waals surface area contributed by atoms with Crippen molar-refractivity contribution >= 4 is 5.91 Å². The van der Waals surface area contributed by atoms with Crippen LogP contribution in [0.1, 0.15) is 19.4 Å². The lowest BCUT2D eigenvalue weighted by Gasteiger charge is -2.25. The minimum Gasteiger partial charge on any atom is -0.344 e. The minimum atomic E-state index is -0.799. The fraction of sp³-hybridized carbons (Fsp3) is 0.500. The maximum atomic E-state index is 11.8. The maximum absolute atomic E-state index is 11.8. The van der Waals surface area contributed by atoms with Crippen LogP contribution in [0.2, 0.25) is 0 Å². The van der Waals surface area contributed by atoms with Crippen LogP contribution in [0.25, 0.3) is 0 Å². The SMILES string of the molecule is CN(CCc1ccncc1)C(=O)C(C)(C)N. The van der Waals surface area contributed by atoms with Crippen molar-refractivity contribution in [3.05, 3.63) is 30.1 Å². The normalized spacial score (nSPS) is 11.2. The molecule has 1 aromatic heterocycles. The highest BCUT2D eigenvalue weighted by Crippen LogP contribution is 2.04. The van der Waals surface area contributed by atoms with E-state index in [2.05, 4.69) is 4.98 Å². The molecule has 0 aliphatic rings. The zero-order valence-corrected chi connectivity index (χ0v) is 10.1. The maximum Gasteiger partial charge on any atom is 0.241 e. The Hall–Kier alpha value is -1.42. The van der Waals surface area contributed by atoms with E-state index in [0.29, 0.717) is 6.54 Å². The molecule has 0 fully saturated rings. The van der Waals surface area contributed by atoms with E-state index in [9.17, 15) is 4.79 Å². The van der Waals surface area contributed by atoms with Gasteiger partial charge in [-0.1, -0.05) is 0 Å². The molecule has 4 heteroatoms. The van der Waals surface area contributed by atoms with Crippen LogP contribution in [0.3, 0.4) is 0 Å². The zero-order valence-electron chi connectivity index (χ0n) is 10.1. The molecular weight excluding hydrogens is 202 g/mol. The third-order valence-corrected chi connectivity index (χ3v) is 2.38. The van der Waals surface area contributed by atoms with Gasteiger partial charge in [-0.15, -0.1) is 0 Å². The van der Waals surface area contributed by atoms with Crippen LogP contribution in [0.15, 0.2) is 24.5 Å². The van der Waals surface area contributed by atoms with Crippen molar-refractivity contribution in [2.45, 2.75) is 25.8 Å². The number of pyridine rings is 1. The molecule has 0 aromatic carbocycles. The Kier molecular flexibility index (Phi) is 4.01. The molecule has 0 saturated carbocycles. The molecule has 0 radical (unpaired) electrons. The van der Waals surface area contributed by atoms with Crippen molar-refractivity contribution in [3.8, 4) is 0 Å². The summed E-state index contributed by atoms with van der Waals surface area (Å²) in [5, 5.41) is 0. The number of aromatic nitrogens is 1. The highest BCUT2D eigenvalue weighted by atomic mass is 16.2. The molecule has 88 valence electrons. The molecule has 4 nitrogen and oxygen atoms in total. The van der Waals surface area contributed by atoms with Crippen LogP contribution in [0.5, 0.6) is 0 Å². The van der Waals surface area contributed by atoms with Gasteiger partial charge in [0.15, 0.2) is 0 Å². The summed E-state index contributed by atoms with van der Waals surface area (Å²) in [6.45, 7) is 4.11. The fourth-order valence-corrected chi connectivity index (χ4v) is 1.44. The van der Waals surface area contributed by atoms with E-state index in [4.69, 9.17) is 5.73 Å². The molecule has 0 aliphatic heterocycles. The summed E-state index contributed by atoms with van der Waals surface area (Å²) in [6.07, 6.45) is 4.33. The molecule has 0 bridgehead atoms. The van der Waals surface area contributed by atoms with Crippen molar-refractivity contribution in [1.82, 2.24) is 9.88 Å². The predicted molar refractivity (Wildman–Crippen MR) is 63.8 cm³/mol. The number of carbonyl (C=O) groups excluding carboxylic acids is 1. The Balaban J connectivity index is 2.48. The second kappa shape index (κ2) is 5.07. The summed E-state index contributed by atoms with van der Waals surface area (Å²) < 4.78 is 0. The molecule has 1 heterocycles. The molecule has 2 N–H and O–H groups in total. The van der Waals surface area contributed by atoms with Crippen molar-refractivity contribution in [1.29, 1.82) is 0 Å². The summed E-state index contributed by atoms with van der Waals surface area (Å²) in [5.74, 6) is -0.0402. The zero-order chi connectivity index (χ0) is 12.2. The minimum absolute atomic E-state index is 0.0402. The Labute approximate surface area is 96.5 Å². The molecule has 1 aromatic rings. The van der Waals surface area contributed by atoms with Gasteiger partial charge in [0.2, 0.25) is 5.91 Å². The first-order valence-electron chi connectivity index (χ1n) is 5.34. The number of hydrogen-bond acceptors (Lipinski definition) is 3. The van der Waals surface area contributed by atoms with E-state index in [-0.39, 0.29) is 5.91 Å². The van der Waals surface area contributed by atoms with Gasteiger partial charge in [-0.25, -0.2) is 0 Å². The smallest absolute Gasteiger partial charge is 0.241 e.